The van der Waals surface area contributed by atoms with E-state index in [4.69, 9.17) is 9.47 Å². The number of aromatic amines is 1. The van der Waals surface area contributed by atoms with E-state index < -0.39 is 0 Å². The van der Waals surface area contributed by atoms with Crippen molar-refractivity contribution in [3.63, 3.8) is 0 Å². The highest BCUT2D eigenvalue weighted by Gasteiger charge is 2.19. The van der Waals surface area contributed by atoms with Crippen LogP contribution >= 0.6 is 0 Å². The number of imidazole rings is 1. The fourth-order valence-electron chi connectivity index (χ4n) is 1.91. The minimum Gasteiger partial charge on any atom is -0.486 e. The molecule has 0 radical (unpaired) electrons. The Bertz CT molecular complexity index is 499. The molecule has 0 saturated heterocycles. The fourth-order valence-corrected chi connectivity index (χ4v) is 1.91. The highest BCUT2D eigenvalue weighted by Crippen LogP contribution is 2.30. The summed E-state index contributed by atoms with van der Waals surface area (Å²) >= 11 is 0. The van der Waals surface area contributed by atoms with Crippen molar-refractivity contribution in [3.05, 3.63) is 42.5 Å². The van der Waals surface area contributed by atoms with E-state index in [1.165, 1.54) is 0 Å². The molecule has 0 spiro atoms. The molecular weight excluding hydrogens is 230 g/mol. The molecule has 1 aromatic carbocycles. The van der Waals surface area contributed by atoms with Gasteiger partial charge in [-0.3, -0.25) is 0 Å². The van der Waals surface area contributed by atoms with Gasteiger partial charge in [0.1, 0.15) is 12.7 Å². The van der Waals surface area contributed by atoms with E-state index in [2.05, 4.69) is 15.3 Å². The molecule has 1 aliphatic rings. The van der Waals surface area contributed by atoms with Gasteiger partial charge in [0, 0.05) is 25.0 Å². The van der Waals surface area contributed by atoms with Crippen LogP contribution in [0.2, 0.25) is 0 Å². The first-order chi connectivity index (χ1) is 8.92. The molecule has 1 unspecified atom stereocenters. The average molecular weight is 245 g/mol. The van der Waals surface area contributed by atoms with Crippen LogP contribution in [0.1, 0.15) is 5.69 Å². The maximum Gasteiger partial charge on any atom is 0.161 e. The lowest BCUT2D eigenvalue weighted by molar-refractivity contribution is 0.0901. The summed E-state index contributed by atoms with van der Waals surface area (Å²) in [7, 11) is 0. The summed E-state index contributed by atoms with van der Waals surface area (Å²) in [6.45, 7) is 2.07. The molecule has 1 aliphatic heterocycles. The van der Waals surface area contributed by atoms with Gasteiger partial charge in [-0.15, -0.1) is 0 Å². The summed E-state index contributed by atoms with van der Waals surface area (Å²) in [5.41, 5.74) is 1.06. The normalized spacial score (nSPS) is 17.7. The predicted molar refractivity (Wildman–Crippen MR) is 66.6 cm³/mol. The summed E-state index contributed by atoms with van der Waals surface area (Å²) in [5.74, 6) is 1.64. The SMILES string of the molecule is c1ccc2c(c1)OCC(CNCc1cnc[nH]1)O2. The largest absolute Gasteiger partial charge is 0.486 e. The molecule has 5 nitrogen and oxygen atoms in total. The molecule has 94 valence electrons. The Morgan fingerprint density at radius 1 is 1.33 bits per heavy atom. The molecule has 18 heavy (non-hydrogen) atoms. The van der Waals surface area contributed by atoms with Crippen molar-refractivity contribution in [3.8, 4) is 11.5 Å². The van der Waals surface area contributed by atoms with E-state index in [-0.39, 0.29) is 6.10 Å². The van der Waals surface area contributed by atoms with Crippen molar-refractivity contribution in [2.24, 2.45) is 0 Å². The zero-order valence-corrected chi connectivity index (χ0v) is 9.93. The minimum absolute atomic E-state index is 0.0443. The van der Waals surface area contributed by atoms with Crippen molar-refractivity contribution in [2.45, 2.75) is 12.6 Å². The van der Waals surface area contributed by atoms with Crippen molar-refractivity contribution in [2.75, 3.05) is 13.2 Å². The Hall–Kier alpha value is -2.01. The summed E-state index contributed by atoms with van der Waals surface area (Å²) in [6.07, 6.45) is 3.52. The zero-order valence-electron chi connectivity index (χ0n) is 9.93. The number of fused-ring (bicyclic) bond motifs is 1. The van der Waals surface area contributed by atoms with Gasteiger partial charge in [0.25, 0.3) is 0 Å². The first kappa shape index (κ1) is 11.1. The molecule has 0 bridgehead atoms. The topological polar surface area (TPSA) is 59.2 Å². The van der Waals surface area contributed by atoms with Crippen LogP contribution in [0.4, 0.5) is 0 Å². The van der Waals surface area contributed by atoms with Crippen molar-refractivity contribution in [1.82, 2.24) is 15.3 Å². The Morgan fingerprint density at radius 2 is 2.22 bits per heavy atom. The number of ether oxygens (including phenoxy) is 2. The number of benzene rings is 1. The van der Waals surface area contributed by atoms with E-state index in [0.717, 1.165) is 30.3 Å². The van der Waals surface area contributed by atoms with Gasteiger partial charge in [-0.25, -0.2) is 4.98 Å². The van der Waals surface area contributed by atoms with Gasteiger partial charge in [-0.1, -0.05) is 12.1 Å². The lowest BCUT2D eigenvalue weighted by Crippen LogP contribution is -2.38. The van der Waals surface area contributed by atoms with Gasteiger partial charge in [0.2, 0.25) is 0 Å². The molecule has 0 saturated carbocycles. The number of nitrogens with zero attached hydrogens (tertiary/aromatic N) is 1. The molecule has 1 aromatic heterocycles. The van der Waals surface area contributed by atoms with E-state index in [9.17, 15) is 0 Å². The first-order valence-electron chi connectivity index (χ1n) is 5.98. The van der Waals surface area contributed by atoms with E-state index in [1.54, 1.807) is 12.5 Å². The van der Waals surface area contributed by atoms with E-state index in [0.29, 0.717) is 6.61 Å². The number of hydrogen-bond acceptors (Lipinski definition) is 4. The summed E-state index contributed by atoms with van der Waals surface area (Å²) < 4.78 is 11.5. The fraction of sp³-hybridized carbons (Fsp3) is 0.308. The van der Waals surface area contributed by atoms with Crippen LogP contribution < -0.4 is 14.8 Å². The number of H-pyrrole nitrogens is 1. The second kappa shape index (κ2) is 5.10. The monoisotopic (exact) mass is 245 g/mol. The van der Waals surface area contributed by atoms with Crippen LogP contribution in [0.25, 0.3) is 0 Å². The third-order valence-corrected chi connectivity index (χ3v) is 2.81. The maximum absolute atomic E-state index is 5.84. The van der Waals surface area contributed by atoms with Crippen LogP contribution in [0, 0.1) is 0 Å². The summed E-state index contributed by atoms with van der Waals surface area (Å²) in [6, 6.07) is 7.74. The van der Waals surface area contributed by atoms with E-state index in [1.807, 2.05) is 24.3 Å². The molecular formula is C13H15N3O2. The maximum atomic E-state index is 5.84. The molecule has 0 aliphatic carbocycles. The number of rotatable bonds is 4. The zero-order chi connectivity index (χ0) is 12.2. The van der Waals surface area contributed by atoms with Crippen LogP contribution in [-0.4, -0.2) is 29.2 Å². The molecule has 1 atom stereocenters. The van der Waals surface area contributed by atoms with Gasteiger partial charge in [-0.05, 0) is 12.1 Å². The molecule has 2 aromatic rings. The first-order valence-corrected chi connectivity index (χ1v) is 5.98. The molecule has 2 N–H and O–H groups in total. The van der Waals surface area contributed by atoms with Gasteiger partial charge >= 0.3 is 0 Å². The second-order valence-electron chi connectivity index (χ2n) is 4.21. The van der Waals surface area contributed by atoms with Gasteiger partial charge in [-0.2, -0.15) is 0 Å². The Kier molecular flexibility index (Phi) is 3.14. The molecule has 2 heterocycles. The molecule has 0 fully saturated rings. The number of nitrogens with one attached hydrogen (secondary N) is 2. The smallest absolute Gasteiger partial charge is 0.161 e. The Morgan fingerprint density at radius 3 is 3.06 bits per heavy atom. The quantitative estimate of drug-likeness (QED) is 0.853. The lowest BCUT2D eigenvalue weighted by atomic mass is 10.2. The number of hydrogen-bond donors (Lipinski definition) is 2. The third kappa shape index (κ3) is 2.46. The van der Waals surface area contributed by atoms with E-state index >= 15 is 0 Å². The minimum atomic E-state index is 0.0443. The lowest BCUT2D eigenvalue weighted by Gasteiger charge is -2.26. The highest BCUT2D eigenvalue weighted by atomic mass is 16.6. The Labute approximate surface area is 105 Å². The van der Waals surface area contributed by atoms with Crippen molar-refractivity contribution >= 4 is 0 Å². The molecule has 3 rings (SSSR count). The van der Waals surface area contributed by atoms with Gasteiger partial charge < -0.3 is 19.8 Å². The van der Waals surface area contributed by atoms with Crippen LogP contribution in [0.3, 0.4) is 0 Å². The summed E-state index contributed by atoms with van der Waals surface area (Å²) in [4.78, 5) is 7.01. The van der Waals surface area contributed by atoms with Crippen LogP contribution in [0.15, 0.2) is 36.8 Å². The van der Waals surface area contributed by atoms with Crippen LogP contribution in [-0.2, 0) is 6.54 Å². The van der Waals surface area contributed by atoms with Crippen LogP contribution in [0.5, 0.6) is 11.5 Å². The van der Waals surface area contributed by atoms with Crippen molar-refractivity contribution in [1.29, 1.82) is 0 Å². The predicted octanol–water partition coefficient (Wildman–Crippen LogP) is 1.34. The molecule has 0 amide bonds. The highest BCUT2D eigenvalue weighted by molar-refractivity contribution is 5.40. The third-order valence-electron chi connectivity index (χ3n) is 2.81. The van der Waals surface area contributed by atoms with Gasteiger partial charge in [0.15, 0.2) is 11.5 Å². The number of aromatic nitrogens is 2. The Balaban J connectivity index is 1.51. The number of para-hydroxylation sites is 2. The summed E-state index contributed by atoms with van der Waals surface area (Å²) in [5, 5.41) is 3.31. The van der Waals surface area contributed by atoms with Crippen molar-refractivity contribution < 1.29 is 9.47 Å². The molecule has 5 heteroatoms. The second-order valence-corrected chi connectivity index (χ2v) is 4.21. The van der Waals surface area contributed by atoms with Gasteiger partial charge in [0.05, 0.1) is 6.33 Å². The standard InChI is InChI=1S/C13H15N3O2/c1-2-4-13-12(3-1)17-8-11(18-13)7-14-5-10-6-15-9-16-10/h1-4,6,9,11,14H,5,7-8H2,(H,15,16). The average Bonchev–Trinajstić information content (AvgIpc) is 2.92.